The van der Waals surface area contributed by atoms with E-state index in [4.69, 9.17) is 20.1 Å². The topological polar surface area (TPSA) is 98.1 Å². The zero-order valence-corrected chi connectivity index (χ0v) is 20.4. The molecule has 0 fully saturated rings. The predicted molar refractivity (Wildman–Crippen MR) is 120 cm³/mol. The molecule has 0 bridgehead atoms. The van der Waals surface area contributed by atoms with Gasteiger partial charge in [0.15, 0.2) is 6.29 Å². The molecule has 1 heterocycles. The molecular formula is C20H45N3O4S. The molecule has 170 valence electrons. The minimum atomic E-state index is -1.21. The first-order chi connectivity index (χ1) is 13.0. The lowest BCUT2D eigenvalue weighted by molar-refractivity contribution is -0.0359. The van der Waals surface area contributed by atoms with Crippen molar-refractivity contribution in [2.24, 2.45) is 0 Å². The SMILES string of the molecule is CC.CC(C)c1nc(CN(C)CO)cs1.CCOC(C)(C)C.CNCC(O)O. The van der Waals surface area contributed by atoms with Gasteiger partial charge in [0.05, 0.1) is 23.0 Å². The first kappa shape index (κ1) is 32.1. The molecule has 0 saturated carbocycles. The normalized spacial score (nSPS) is 10.7. The number of likely N-dealkylation sites (N-methyl/N-ethyl adjacent to an activating group) is 1. The number of thiazole rings is 1. The van der Waals surface area contributed by atoms with E-state index < -0.39 is 6.29 Å². The smallest absolute Gasteiger partial charge is 0.164 e. The maximum absolute atomic E-state index is 8.81. The van der Waals surface area contributed by atoms with Crippen molar-refractivity contribution >= 4 is 11.3 Å². The standard InChI is InChI=1S/C9H16N2OS.C6H14O.C3H9NO2.C2H6/c1-7(2)9-10-8(5-13-9)4-11(3)6-12;1-5-7-6(2,3)4;1-4-2-3(5)6;1-2/h5,7,12H,4,6H2,1-3H3;5H2,1-4H3;3-6H,2H2,1H3;1-2H3. The molecule has 0 atom stereocenters. The van der Waals surface area contributed by atoms with Gasteiger partial charge in [0, 0.05) is 31.0 Å². The molecule has 28 heavy (non-hydrogen) atoms. The van der Waals surface area contributed by atoms with Crippen molar-refractivity contribution in [3.8, 4) is 0 Å². The summed E-state index contributed by atoms with van der Waals surface area (Å²) < 4.78 is 5.23. The molecule has 1 aromatic heterocycles. The van der Waals surface area contributed by atoms with Gasteiger partial charge in [-0.15, -0.1) is 11.3 Å². The molecule has 0 spiro atoms. The van der Waals surface area contributed by atoms with E-state index in [0.717, 1.165) is 18.8 Å². The van der Waals surface area contributed by atoms with E-state index >= 15 is 0 Å². The van der Waals surface area contributed by atoms with E-state index in [1.165, 1.54) is 5.01 Å². The van der Waals surface area contributed by atoms with E-state index in [1.54, 1.807) is 18.4 Å². The van der Waals surface area contributed by atoms with Crippen molar-refractivity contribution in [3.63, 3.8) is 0 Å². The van der Waals surface area contributed by atoms with Crippen LogP contribution in [0.5, 0.6) is 0 Å². The molecule has 8 heteroatoms. The molecule has 1 rings (SSSR count). The number of hydrogen-bond donors (Lipinski definition) is 4. The molecule has 0 saturated heterocycles. The lowest BCUT2D eigenvalue weighted by Gasteiger charge is -2.17. The van der Waals surface area contributed by atoms with Gasteiger partial charge in [-0.3, -0.25) is 4.90 Å². The Balaban J connectivity index is -0.000000355. The summed E-state index contributed by atoms with van der Waals surface area (Å²) in [6, 6.07) is 0. The van der Waals surface area contributed by atoms with Gasteiger partial charge in [-0.1, -0.05) is 27.7 Å². The highest BCUT2D eigenvalue weighted by Gasteiger charge is 2.07. The van der Waals surface area contributed by atoms with Gasteiger partial charge in [-0.25, -0.2) is 4.98 Å². The van der Waals surface area contributed by atoms with Crippen LogP contribution >= 0.6 is 11.3 Å². The van der Waals surface area contributed by atoms with Crippen molar-refractivity contribution in [1.82, 2.24) is 15.2 Å². The van der Waals surface area contributed by atoms with E-state index in [-0.39, 0.29) is 18.9 Å². The lowest BCUT2D eigenvalue weighted by Crippen LogP contribution is -2.22. The number of aliphatic hydroxyl groups excluding tert-OH is 2. The molecule has 7 nitrogen and oxygen atoms in total. The van der Waals surface area contributed by atoms with Crippen molar-refractivity contribution in [2.75, 3.05) is 34.0 Å². The second-order valence-electron chi connectivity index (χ2n) is 7.07. The number of hydrogen-bond acceptors (Lipinski definition) is 8. The molecule has 0 amide bonds. The summed E-state index contributed by atoms with van der Waals surface area (Å²) in [5.74, 6) is 0.498. The van der Waals surface area contributed by atoms with Gasteiger partial charge in [0.25, 0.3) is 0 Å². The number of rotatable bonds is 7. The summed E-state index contributed by atoms with van der Waals surface area (Å²) in [4.78, 5) is 6.28. The maximum atomic E-state index is 8.81. The van der Waals surface area contributed by atoms with E-state index in [1.807, 2.05) is 32.7 Å². The van der Waals surface area contributed by atoms with Gasteiger partial charge < -0.3 is 25.4 Å². The molecule has 4 N–H and O–H groups in total. The number of nitrogens with one attached hydrogen (secondary N) is 1. The van der Waals surface area contributed by atoms with Crippen LogP contribution in [0.2, 0.25) is 0 Å². The van der Waals surface area contributed by atoms with Gasteiger partial charge in [0.2, 0.25) is 0 Å². The summed E-state index contributed by atoms with van der Waals surface area (Å²) in [5, 5.41) is 30.7. The quantitative estimate of drug-likeness (QED) is 0.500. The zero-order valence-electron chi connectivity index (χ0n) is 19.6. The van der Waals surface area contributed by atoms with Gasteiger partial charge in [0.1, 0.15) is 0 Å². The highest BCUT2D eigenvalue weighted by atomic mass is 32.1. The third-order valence-electron chi connectivity index (χ3n) is 2.70. The summed E-state index contributed by atoms with van der Waals surface area (Å²) in [6.45, 7) is 18.3. The maximum Gasteiger partial charge on any atom is 0.164 e. The van der Waals surface area contributed by atoms with Crippen molar-refractivity contribution in [2.45, 2.75) is 79.7 Å². The highest BCUT2D eigenvalue weighted by molar-refractivity contribution is 7.09. The monoisotopic (exact) mass is 423 g/mol. The van der Waals surface area contributed by atoms with Gasteiger partial charge in [-0.05, 0) is 41.8 Å². The van der Waals surface area contributed by atoms with Crippen LogP contribution in [0.25, 0.3) is 0 Å². The summed E-state index contributed by atoms with van der Waals surface area (Å²) in [7, 11) is 3.52. The molecular weight excluding hydrogens is 378 g/mol. The van der Waals surface area contributed by atoms with Crippen LogP contribution in [0.1, 0.15) is 72.0 Å². The predicted octanol–water partition coefficient (Wildman–Crippen LogP) is 3.01. The van der Waals surface area contributed by atoms with Crippen molar-refractivity contribution in [3.05, 3.63) is 16.1 Å². The van der Waals surface area contributed by atoms with Gasteiger partial charge >= 0.3 is 0 Å². The number of nitrogens with zero attached hydrogens (tertiary/aromatic N) is 2. The third-order valence-corrected chi connectivity index (χ3v) is 3.89. The third kappa shape index (κ3) is 23.4. The molecule has 0 unspecified atom stereocenters. The summed E-state index contributed by atoms with van der Waals surface area (Å²) >= 11 is 1.69. The number of aromatic nitrogens is 1. The average molecular weight is 424 g/mol. The molecule has 0 aliphatic rings. The Morgan fingerprint density at radius 2 is 1.79 bits per heavy atom. The number of ether oxygens (including phenoxy) is 1. The van der Waals surface area contributed by atoms with Crippen LogP contribution in [0.3, 0.4) is 0 Å². The summed E-state index contributed by atoms with van der Waals surface area (Å²) in [5.41, 5.74) is 1.10. The van der Waals surface area contributed by atoms with E-state index in [9.17, 15) is 0 Å². The first-order valence-electron chi connectivity index (χ1n) is 9.85. The number of aliphatic hydroxyl groups is 3. The molecule has 0 radical (unpaired) electrons. The van der Waals surface area contributed by atoms with E-state index in [0.29, 0.717) is 5.92 Å². The fourth-order valence-corrected chi connectivity index (χ4v) is 2.43. The minimum absolute atomic E-state index is 0.0503. The Morgan fingerprint density at radius 3 is 2.00 bits per heavy atom. The average Bonchev–Trinajstić information content (AvgIpc) is 3.05. The van der Waals surface area contributed by atoms with E-state index in [2.05, 4.69) is 50.3 Å². The van der Waals surface area contributed by atoms with Crippen molar-refractivity contribution < 1.29 is 20.1 Å². The largest absolute Gasteiger partial charge is 0.381 e. The first-order valence-corrected chi connectivity index (χ1v) is 10.7. The van der Waals surface area contributed by atoms with Crippen LogP contribution in [0.4, 0.5) is 0 Å². The van der Waals surface area contributed by atoms with Crippen LogP contribution in [-0.2, 0) is 11.3 Å². The Labute approximate surface area is 176 Å². The Hall–Kier alpha value is -0.610. The van der Waals surface area contributed by atoms with Crippen LogP contribution in [0, 0.1) is 0 Å². The Kier molecular flexibility index (Phi) is 22.6. The Bertz CT molecular complexity index is 435. The van der Waals surface area contributed by atoms with Crippen LogP contribution in [0.15, 0.2) is 5.38 Å². The van der Waals surface area contributed by atoms with Gasteiger partial charge in [-0.2, -0.15) is 0 Å². The fourth-order valence-electron chi connectivity index (χ4n) is 1.60. The molecule has 0 aliphatic carbocycles. The van der Waals surface area contributed by atoms with Crippen molar-refractivity contribution in [1.29, 1.82) is 0 Å². The Morgan fingerprint density at radius 1 is 1.25 bits per heavy atom. The molecule has 0 aliphatic heterocycles. The molecule has 1 aromatic rings. The van der Waals surface area contributed by atoms with Crippen LogP contribution < -0.4 is 5.32 Å². The second kappa shape index (κ2) is 19.7. The highest BCUT2D eigenvalue weighted by Crippen LogP contribution is 2.19. The fraction of sp³-hybridized carbons (Fsp3) is 0.850. The molecule has 0 aromatic carbocycles. The van der Waals surface area contributed by atoms with Crippen LogP contribution in [-0.4, -0.2) is 71.1 Å². The zero-order chi connectivity index (χ0) is 22.8. The summed E-state index contributed by atoms with van der Waals surface area (Å²) in [6.07, 6.45) is -1.21. The lowest BCUT2D eigenvalue weighted by atomic mass is 10.2. The minimum Gasteiger partial charge on any atom is -0.381 e. The second-order valence-corrected chi connectivity index (χ2v) is 7.96.